The molecule has 0 aliphatic rings. The van der Waals surface area contributed by atoms with Gasteiger partial charge in [-0.2, -0.15) is 0 Å². The number of ether oxygens (including phenoxy) is 2. The monoisotopic (exact) mass is 384 g/mol. The fourth-order valence-corrected chi connectivity index (χ4v) is 1.63. The highest BCUT2D eigenvalue weighted by Crippen LogP contribution is 2.00. The van der Waals surface area contributed by atoms with Crippen molar-refractivity contribution < 1.29 is 9.47 Å². The van der Waals surface area contributed by atoms with E-state index in [9.17, 15) is 0 Å². The molecular formula is C26H40O2. The number of rotatable bonds is 6. The first-order valence-corrected chi connectivity index (χ1v) is 10.2. The topological polar surface area (TPSA) is 18.5 Å². The standard InChI is InChI=1S/2C10H12O.2C3H8/c2*1-2-8-11-9-10-6-4-3-5-7-10;2*1-3-2/h2*2-8H,9H2,1H3;2*3H2,1-2H3. The molecule has 0 N–H and O–H groups in total. The summed E-state index contributed by atoms with van der Waals surface area (Å²) in [5.74, 6) is 0. The van der Waals surface area contributed by atoms with Gasteiger partial charge in [-0.1, -0.05) is 113 Å². The van der Waals surface area contributed by atoms with Gasteiger partial charge in [-0.3, -0.25) is 0 Å². The smallest absolute Gasteiger partial charge is 0.112 e. The fourth-order valence-electron chi connectivity index (χ4n) is 1.63. The van der Waals surface area contributed by atoms with Gasteiger partial charge < -0.3 is 9.47 Å². The normalized spacial score (nSPS) is 9.36. The van der Waals surface area contributed by atoms with E-state index in [1.54, 1.807) is 12.5 Å². The summed E-state index contributed by atoms with van der Waals surface area (Å²) in [5, 5.41) is 0. The van der Waals surface area contributed by atoms with Crippen LogP contribution < -0.4 is 0 Å². The van der Waals surface area contributed by atoms with Gasteiger partial charge in [0.1, 0.15) is 13.2 Å². The molecule has 0 atom stereocenters. The highest BCUT2D eigenvalue weighted by atomic mass is 16.5. The molecule has 2 aromatic carbocycles. The largest absolute Gasteiger partial charge is 0.497 e. The summed E-state index contributed by atoms with van der Waals surface area (Å²) in [6.45, 7) is 13.7. The summed E-state index contributed by atoms with van der Waals surface area (Å²) in [5.41, 5.74) is 2.40. The second-order valence-corrected chi connectivity index (χ2v) is 5.95. The van der Waals surface area contributed by atoms with Crippen LogP contribution in [0.5, 0.6) is 0 Å². The number of benzene rings is 2. The van der Waals surface area contributed by atoms with Crippen LogP contribution in [0.25, 0.3) is 0 Å². The SMILES string of the molecule is CC=COCc1ccccc1.CC=COCc1ccccc1.CCC.CCC. The highest BCUT2D eigenvalue weighted by molar-refractivity contribution is 5.14. The lowest BCUT2D eigenvalue weighted by Crippen LogP contribution is -1.84. The summed E-state index contributed by atoms with van der Waals surface area (Å²) in [6.07, 6.45) is 9.66. The van der Waals surface area contributed by atoms with Crippen molar-refractivity contribution in [1.82, 2.24) is 0 Å². The van der Waals surface area contributed by atoms with Crippen molar-refractivity contribution in [1.29, 1.82) is 0 Å². The van der Waals surface area contributed by atoms with Gasteiger partial charge in [-0.05, 0) is 25.0 Å². The van der Waals surface area contributed by atoms with Gasteiger partial charge >= 0.3 is 0 Å². The van der Waals surface area contributed by atoms with E-state index in [0.29, 0.717) is 13.2 Å². The predicted molar refractivity (Wildman–Crippen MR) is 124 cm³/mol. The summed E-state index contributed by atoms with van der Waals surface area (Å²) in [6, 6.07) is 20.2. The first-order chi connectivity index (χ1) is 13.7. The lowest BCUT2D eigenvalue weighted by Gasteiger charge is -1.98. The summed E-state index contributed by atoms with van der Waals surface area (Å²) in [7, 11) is 0. The molecule has 2 nitrogen and oxygen atoms in total. The van der Waals surface area contributed by atoms with Gasteiger partial charge in [0.25, 0.3) is 0 Å². The number of allylic oxidation sites excluding steroid dienone is 2. The molecule has 156 valence electrons. The number of hydrogen-bond acceptors (Lipinski definition) is 2. The maximum atomic E-state index is 5.19. The van der Waals surface area contributed by atoms with Gasteiger partial charge in [0.2, 0.25) is 0 Å². The van der Waals surface area contributed by atoms with Crippen molar-refractivity contribution in [2.75, 3.05) is 0 Å². The van der Waals surface area contributed by atoms with Gasteiger partial charge in [0.15, 0.2) is 0 Å². The molecule has 28 heavy (non-hydrogen) atoms. The van der Waals surface area contributed by atoms with Crippen LogP contribution in [0.3, 0.4) is 0 Å². The third kappa shape index (κ3) is 21.6. The third-order valence-corrected chi connectivity index (χ3v) is 2.65. The van der Waals surface area contributed by atoms with Crippen molar-refractivity contribution in [3.05, 3.63) is 96.5 Å². The Kier molecular flexibility index (Phi) is 24.3. The molecule has 0 saturated carbocycles. The van der Waals surface area contributed by atoms with Gasteiger partial charge in [0.05, 0.1) is 12.5 Å². The van der Waals surface area contributed by atoms with E-state index < -0.39 is 0 Å². The van der Waals surface area contributed by atoms with Crippen LogP contribution in [0.1, 0.15) is 65.5 Å². The Labute approximate surface area is 173 Å². The Balaban J connectivity index is 0. The van der Waals surface area contributed by atoms with E-state index in [4.69, 9.17) is 9.47 Å². The Morgan fingerprint density at radius 1 is 0.571 bits per heavy atom. The zero-order valence-corrected chi connectivity index (χ0v) is 18.7. The molecule has 2 heteroatoms. The summed E-state index contributed by atoms with van der Waals surface area (Å²) in [4.78, 5) is 0. The predicted octanol–water partition coefficient (Wildman–Crippen LogP) is 8.31. The second kappa shape index (κ2) is 24.5. The van der Waals surface area contributed by atoms with E-state index in [1.165, 1.54) is 24.0 Å². The Hall–Kier alpha value is -2.48. The average Bonchev–Trinajstić information content (AvgIpc) is 2.72. The van der Waals surface area contributed by atoms with Crippen LogP contribution in [0.2, 0.25) is 0 Å². The van der Waals surface area contributed by atoms with Crippen molar-refractivity contribution in [3.8, 4) is 0 Å². The lowest BCUT2D eigenvalue weighted by molar-refractivity contribution is 0.236. The van der Waals surface area contributed by atoms with Crippen LogP contribution in [0.4, 0.5) is 0 Å². The number of hydrogen-bond donors (Lipinski definition) is 0. The van der Waals surface area contributed by atoms with Crippen molar-refractivity contribution in [2.45, 2.75) is 67.6 Å². The molecule has 0 fully saturated rings. The van der Waals surface area contributed by atoms with E-state index in [2.05, 4.69) is 27.7 Å². The molecular weight excluding hydrogens is 344 g/mol. The van der Waals surface area contributed by atoms with Crippen LogP contribution in [0.15, 0.2) is 85.3 Å². The van der Waals surface area contributed by atoms with Crippen molar-refractivity contribution >= 4 is 0 Å². The maximum Gasteiger partial charge on any atom is 0.112 e. The highest BCUT2D eigenvalue weighted by Gasteiger charge is 1.87. The van der Waals surface area contributed by atoms with E-state index in [-0.39, 0.29) is 0 Å². The van der Waals surface area contributed by atoms with Crippen LogP contribution in [-0.4, -0.2) is 0 Å². The molecule has 0 amide bonds. The maximum absolute atomic E-state index is 5.19. The quantitative estimate of drug-likeness (QED) is 0.466. The summed E-state index contributed by atoms with van der Waals surface area (Å²) < 4.78 is 10.4. The Morgan fingerprint density at radius 3 is 1.11 bits per heavy atom. The summed E-state index contributed by atoms with van der Waals surface area (Å²) >= 11 is 0. The molecule has 0 radical (unpaired) electrons. The Morgan fingerprint density at radius 2 is 0.857 bits per heavy atom. The zero-order chi connectivity index (χ0) is 21.3. The van der Waals surface area contributed by atoms with E-state index in [1.807, 2.05) is 86.7 Å². The molecule has 0 saturated heterocycles. The average molecular weight is 385 g/mol. The van der Waals surface area contributed by atoms with Gasteiger partial charge in [-0.25, -0.2) is 0 Å². The minimum atomic E-state index is 0.658. The zero-order valence-electron chi connectivity index (χ0n) is 18.7. The fraction of sp³-hybridized carbons (Fsp3) is 0.385. The van der Waals surface area contributed by atoms with Crippen LogP contribution >= 0.6 is 0 Å². The minimum absolute atomic E-state index is 0.658. The molecule has 0 bridgehead atoms. The molecule has 2 rings (SSSR count). The molecule has 0 spiro atoms. The molecule has 2 aromatic rings. The molecule has 0 aliphatic carbocycles. The van der Waals surface area contributed by atoms with Crippen LogP contribution in [-0.2, 0) is 22.7 Å². The third-order valence-electron chi connectivity index (χ3n) is 2.65. The Bertz CT molecular complexity index is 506. The molecule has 0 aromatic heterocycles. The van der Waals surface area contributed by atoms with Gasteiger partial charge in [-0.15, -0.1) is 0 Å². The van der Waals surface area contributed by atoms with Crippen molar-refractivity contribution in [3.63, 3.8) is 0 Å². The lowest BCUT2D eigenvalue weighted by atomic mass is 10.2. The van der Waals surface area contributed by atoms with Gasteiger partial charge in [0, 0.05) is 0 Å². The van der Waals surface area contributed by atoms with Crippen LogP contribution in [0, 0.1) is 0 Å². The molecule has 0 heterocycles. The van der Waals surface area contributed by atoms with E-state index >= 15 is 0 Å². The minimum Gasteiger partial charge on any atom is -0.497 e. The van der Waals surface area contributed by atoms with Crippen molar-refractivity contribution in [2.24, 2.45) is 0 Å². The molecule has 0 unspecified atom stereocenters. The van der Waals surface area contributed by atoms with E-state index in [0.717, 1.165) is 0 Å². The second-order valence-electron chi connectivity index (χ2n) is 5.95. The molecule has 0 aliphatic heterocycles. The first-order valence-electron chi connectivity index (χ1n) is 10.2. The first kappa shape index (κ1) is 27.7.